The molecule has 4 aromatic rings. The predicted molar refractivity (Wildman–Crippen MR) is 127 cm³/mol. The van der Waals surface area contributed by atoms with Gasteiger partial charge in [-0.2, -0.15) is 0 Å². The summed E-state index contributed by atoms with van der Waals surface area (Å²) in [6, 6.07) is 14.3. The first-order valence-electron chi connectivity index (χ1n) is 9.39. The lowest BCUT2D eigenvalue weighted by Gasteiger charge is -2.06. The van der Waals surface area contributed by atoms with Crippen LogP contribution in [0, 0.1) is 0 Å². The monoisotopic (exact) mass is 467 g/mol. The van der Waals surface area contributed by atoms with Gasteiger partial charge in [0.15, 0.2) is 5.13 Å². The Bertz CT molecular complexity index is 1190. The molecule has 4 nitrogen and oxygen atoms in total. The van der Waals surface area contributed by atoms with Gasteiger partial charge in [-0.15, -0.1) is 0 Å². The van der Waals surface area contributed by atoms with E-state index in [-0.39, 0.29) is 0 Å². The molecule has 0 amide bonds. The molecule has 2 aromatic heterocycles. The maximum absolute atomic E-state index is 5.22. The van der Waals surface area contributed by atoms with E-state index in [1.165, 1.54) is 45.3 Å². The normalized spacial score (nSPS) is 12.6. The van der Waals surface area contributed by atoms with Gasteiger partial charge in [0, 0.05) is 34.4 Å². The van der Waals surface area contributed by atoms with Crippen molar-refractivity contribution in [3.63, 3.8) is 0 Å². The van der Waals surface area contributed by atoms with E-state index in [2.05, 4.69) is 56.0 Å². The molecule has 5 rings (SSSR count). The highest BCUT2D eigenvalue weighted by Crippen LogP contribution is 2.34. The van der Waals surface area contributed by atoms with Gasteiger partial charge in [-0.25, -0.2) is 4.98 Å². The third kappa shape index (κ3) is 4.78. The number of thiazole rings is 1. The summed E-state index contributed by atoms with van der Waals surface area (Å²) in [6.45, 7) is 4.37. The van der Waals surface area contributed by atoms with Crippen LogP contribution < -0.4 is 5.32 Å². The number of aromatic nitrogens is 2. The number of halogens is 1. The van der Waals surface area contributed by atoms with Gasteiger partial charge in [0.2, 0.25) is 0 Å². The van der Waals surface area contributed by atoms with Crippen molar-refractivity contribution >= 4 is 59.6 Å². The van der Waals surface area contributed by atoms with Gasteiger partial charge >= 0.3 is 0 Å². The Morgan fingerprint density at radius 3 is 2.90 bits per heavy atom. The van der Waals surface area contributed by atoms with Crippen LogP contribution in [0.5, 0.6) is 0 Å². The van der Waals surface area contributed by atoms with E-state index in [9.17, 15) is 0 Å². The van der Waals surface area contributed by atoms with Crippen LogP contribution in [0.4, 0.5) is 5.13 Å². The Kier molecular flexibility index (Phi) is 6.13. The highest BCUT2D eigenvalue weighted by atomic mass is 79.9. The smallest absolute Gasteiger partial charge is 0.188 e. The summed E-state index contributed by atoms with van der Waals surface area (Å²) in [7, 11) is 1.72. The minimum absolute atomic E-state index is 0.634. The van der Waals surface area contributed by atoms with Crippen LogP contribution in [0.1, 0.15) is 18.4 Å². The van der Waals surface area contributed by atoms with Gasteiger partial charge < -0.3 is 15.0 Å². The average Bonchev–Trinajstić information content (AvgIpc) is 3.37. The summed E-state index contributed by atoms with van der Waals surface area (Å²) in [4.78, 5) is 7.75. The number of ether oxygens (including phenoxy) is 1. The van der Waals surface area contributed by atoms with Gasteiger partial charge in [-0.3, -0.25) is 0 Å². The predicted octanol–water partition coefficient (Wildman–Crippen LogP) is 6.98. The summed E-state index contributed by atoms with van der Waals surface area (Å²) in [5.74, 6) is 0. The lowest BCUT2D eigenvalue weighted by atomic mass is 10.2. The van der Waals surface area contributed by atoms with Crippen LogP contribution in [0.15, 0.2) is 71.0 Å². The minimum atomic E-state index is 0.634. The van der Waals surface area contributed by atoms with Gasteiger partial charge in [-0.1, -0.05) is 58.1 Å². The SMILES string of the molecule is C=Cc1c[nH]c2ccccc12.COCC(Nc1nc2ccc(Br)cc2s1)=C1CC1. The van der Waals surface area contributed by atoms with Gasteiger partial charge in [0.25, 0.3) is 0 Å². The summed E-state index contributed by atoms with van der Waals surface area (Å²) in [5.41, 5.74) is 6.00. The number of rotatable bonds is 5. The highest BCUT2D eigenvalue weighted by Gasteiger charge is 2.18. The van der Waals surface area contributed by atoms with Crippen LogP contribution in [-0.4, -0.2) is 23.7 Å². The number of para-hydroxylation sites is 1. The first-order chi connectivity index (χ1) is 14.2. The zero-order valence-electron chi connectivity index (χ0n) is 16.2. The number of hydrogen-bond acceptors (Lipinski definition) is 4. The number of H-pyrrole nitrogens is 1. The standard InChI is InChI=1S/C13H13BrN2OS.C10H9N/c1-17-7-11(8-2-3-8)16-13-15-10-5-4-9(14)6-12(10)18-13;1-2-8-7-11-10-6-4-3-5-9(8)10/h4-6H,2-3,7H2,1H3,(H,15,16);2-7,11H,1H2. The first kappa shape index (κ1) is 19.9. The third-order valence-corrected chi connectivity index (χ3v) is 6.09. The molecule has 2 N–H and O–H groups in total. The molecule has 6 heteroatoms. The number of allylic oxidation sites excluding steroid dienone is 1. The molecular weight excluding hydrogens is 446 g/mol. The summed E-state index contributed by atoms with van der Waals surface area (Å²) >= 11 is 5.15. The minimum Gasteiger partial charge on any atom is -0.378 e. The lowest BCUT2D eigenvalue weighted by molar-refractivity contribution is 0.226. The van der Waals surface area contributed by atoms with E-state index in [0.29, 0.717) is 6.61 Å². The van der Waals surface area contributed by atoms with Gasteiger partial charge in [0.1, 0.15) is 0 Å². The van der Waals surface area contributed by atoms with Crippen molar-refractivity contribution in [3.8, 4) is 0 Å². The van der Waals surface area contributed by atoms with Crippen molar-refractivity contribution in [2.75, 3.05) is 19.0 Å². The number of nitrogens with one attached hydrogen (secondary N) is 2. The van der Waals surface area contributed by atoms with E-state index >= 15 is 0 Å². The zero-order valence-corrected chi connectivity index (χ0v) is 18.6. The van der Waals surface area contributed by atoms with E-state index in [4.69, 9.17) is 4.74 Å². The van der Waals surface area contributed by atoms with Gasteiger partial charge in [0.05, 0.1) is 16.8 Å². The quantitative estimate of drug-likeness (QED) is 0.332. The molecule has 1 saturated carbocycles. The van der Waals surface area contributed by atoms with Crippen LogP contribution in [0.2, 0.25) is 0 Å². The van der Waals surface area contributed by atoms with Crippen molar-refractivity contribution in [2.45, 2.75) is 12.8 Å². The van der Waals surface area contributed by atoms with Crippen LogP contribution in [0.25, 0.3) is 27.2 Å². The highest BCUT2D eigenvalue weighted by molar-refractivity contribution is 9.10. The largest absolute Gasteiger partial charge is 0.378 e. The fraction of sp³-hybridized carbons (Fsp3) is 0.174. The molecule has 0 bridgehead atoms. The molecule has 0 saturated heterocycles. The maximum Gasteiger partial charge on any atom is 0.188 e. The Hall–Kier alpha value is -2.41. The van der Waals surface area contributed by atoms with E-state index in [1.807, 2.05) is 36.5 Å². The second-order valence-electron chi connectivity index (χ2n) is 6.76. The fourth-order valence-corrected chi connectivity index (χ4v) is 4.52. The number of aromatic amines is 1. The fourth-order valence-electron chi connectivity index (χ4n) is 3.08. The molecule has 29 heavy (non-hydrogen) atoms. The summed E-state index contributed by atoms with van der Waals surface area (Å²) < 4.78 is 7.49. The van der Waals surface area contributed by atoms with Crippen LogP contribution in [-0.2, 0) is 4.74 Å². The molecule has 0 radical (unpaired) electrons. The molecule has 1 fully saturated rings. The van der Waals surface area contributed by atoms with Crippen molar-refractivity contribution in [3.05, 3.63) is 76.5 Å². The molecule has 1 aliphatic carbocycles. The molecule has 1 aliphatic rings. The lowest BCUT2D eigenvalue weighted by Crippen LogP contribution is -2.05. The second kappa shape index (κ2) is 8.95. The number of fused-ring (bicyclic) bond motifs is 2. The number of hydrogen-bond donors (Lipinski definition) is 2. The Morgan fingerprint density at radius 2 is 2.14 bits per heavy atom. The second-order valence-corrected chi connectivity index (χ2v) is 8.71. The molecule has 148 valence electrons. The molecule has 0 atom stereocenters. The summed E-state index contributed by atoms with van der Waals surface area (Å²) in [5, 5.41) is 5.58. The molecule has 2 aromatic carbocycles. The van der Waals surface area contributed by atoms with Crippen molar-refractivity contribution in [1.29, 1.82) is 0 Å². The molecule has 0 aliphatic heterocycles. The molecule has 2 heterocycles. The van der Waals surface area contributed by atoms with E-state index in [0.717, 1.165) is 15.1 Å². The average molecular weight is 468 g/mol. The number of methoxy groups -OCH3 is 1. The zero-order chi connectivity index (χ0) is 20.2. The summed E-state index contributed by atoms with van der Waals surface area (Å²) in [6.07, 6.45) is 6.20. The number of benzene rings is 2. The van der Waals surface area contributed by atoms with Crippen LogP contribution in [0.3, 0.4) is 0 Å². The topological polar surface area (TPSA) is 49.9 Å². The molecule has 0 unspecified atom stereocenters. The van der Waals surface area contributed by atoms with Crippen molar-refractivity contribution in [2.24, 2.45) is 0 Å². The van der Waals surface area contributed by atoms with Gasteiger partial charge in [-0.05, 0) is 48.2 Å². The maximum atomic E-state index is 5.22. The third-order valence-electron chi connectivity index (χ3n) is 4.66. The number of nitrogens with zero attached hydrogens (tertiary/aromatic N) is 1. The van der Waals surface area contributed by atoms with Crippen molar-refractivity contribution in [1.82, 2.24) is 9.97 Å². The first-order valence-corrected chi connectivity index (χ1v) is 11.0. The number of anilines is 1. The van der Waals surface area contributed by atoms with E-state index in [1.54, 1.807) is 18.4 Å². The molecular formula is C23H22BrN3OS. The van der Waals surface area contributed by atoms with E-state index < -0.39 is 0 Å². The van der Waals surface area contributed by atoms with Crippen LogP contribution >= 0.6 is 27.3 Å². The Labute approximate surface area is 182 Å². The van der Waals surface area contributed by atoms with Crippen molar-refractivity contribution < 1.29 is 4.74 Å². The Balaban J connectivity index is 0.000000159. The Morgan fingerprint density at radius 1 is 1.31 bits per heavy atom. The molecule has 0 spiro atoms.